The van der Waals surface area contributed by atoms with E-state index in [-0.39, 0.29) is 17.9 Å². The molecule has 0 spiro atoms. The minimum atomic E-state index is 0.00157. The first-order chi connectivity index (χ1) is 11.2. The number of amides is 3. The number of rotatable bonds is 3. The lowest BCUT2D eigenvalue weighted by molar-refractivity contribution is -0.128. The fraction of sp³-hybridized carbons (Fsp3) is 0.688. The summed E-state index contributed by atoms with van der Waals surface area (Å²) in [5, 5.41) is 3.07. The molecule has 2 aliphatic heterocycles. The normalized spacial score (nSPS) is 24.5. The number of likely N-dealkylation sites (tertiary alicyclic amines) is 1. The van der Waals surface area contributed by atoms with E-state index in [2.05, 4.69) is 14.9 Å². The number of carbonyl (C=O) groups is 2. The Kier molecular flexibility index (Phi) is 3.71. The maximum atomic E-state index is 12.5. The van der Waals surface area contributed by atoms with E-state index in [1.165, 1.54) is 0 Å². The number of fused-ring (bicyclic) bond motifs is 1. The van der Waals surface area contributed by atoms with Gasteiger partial charge in [-0.3, -0.25) is 4.79 Å². The van der Waals surface area contributed by atoms with Gasteiger partial charge in [0.25, 0.3) is 0 Å². The van der Waals surface area contributed by atoms with Gasteiger partial charge in [0.2, 0.25) is 5.91 Å². The summed E-state index contributed by atoms with van der Waals surface area (Å²) < 4.78 is 2.12. The van der Waals surface area contributed by atoms with Crippen LogP contribution in [0.5, 0.6) is 0 Å². The van der Waals surface area contributed by atoms with Gasteiger partial charge in [-0.25, -0.2) is 9.78 Å². The third-order valence-corrected chi connectivity index (χ3v) is 4.91. The van der Waals surface area contributed by atoms with Crippen LogP contribution >= 0.6 is 0 Å². The number of carbonyl (C=O) groups excluding carboxylic acids is 2. The van der Waals surface area contributed by atoms with E-state index < -0.39 is 0 Å². The van der Waals surface area contributed by atoms with E-state index in [0.717, 1.165) is 44.7 Å². The highest BCUT2D eigenvalue weighted by molar-refractivity contribution is 5.78. The third kappa shape index (κ3) is 3.18. The van der Waals surface area contributed by atoms with Crippen LogP contribution in [0.1, 0.15) is 31.5 Å². The van der Waals surface area contributed by atoms with Gasteiger partial charge in [-0.15, -0.1) is 0 Å². The smallest absolute Gasteiger partial charge is 0.318 e. The molecule has 1 saturated heterocycles. The maximum absolute atomic E-state index is 12.5. The molecule has 0 radical (unpaired) electrons. The second-order valence-electron chi connectivity index (χ2n) is 6.91. The molecule has 7 heteroatoms. The van der Waals surface area contributed by atoms with Crippen molar-refractivity contribution in [2.75, 3.05) is 19.6 Å². The van der Waals surface area contributed by atoms with Crippen LogP contribution in [0.15, 0.2) is 12.4 Å². The van der Waals surface area contributed by atoms with E-state index in [1.807, 2.05) is 16.0 Å². The number of imidazole rings is 1. The van der Waals surface area contributed by atoms with Crippen LogP contribution < -0.4 is 5.32 Å². The lowest BCUT2D eigenvalue weighted by Gasteiger charge is -2.27. The van der Waals surface area contributed by atoms with Crippen molar-refractivity contribution in [3.63, 3.8) is 0 Å². The summed E-state index contributed by atoms with van der Waals surface area (Å²) in [5.41, 5.74) is 0. The van der Waals surface area contributed by atoms with Gasteiger partial charge in [0.1, 0.15) is 5.82 Å². The van der Waals surface area contributed by atoms with E-state index in [1.54, 1.807) is 6.20 Å². The molecule has 7 nitrogen and oxygen atoms in total. The third-order valence-electron chi connectivity index (χ3n) is 4.91. The highest BCUT2D eigenvalue weighted by atomic mass is 16.2. The number of nitrogens with one attached hydrogen (secondary N) is 1. The summed E-state index contributed by atoms with van der Waals surface area (Å²) in [6.07, 6.45) is 7.54. The Morgan fingerprint density at radius 3 is 2.96 bits per heavy atom. The van der Waals surface area contributed by atoms with Crippen molar-refractivity contribution in [1.29, 1.82) is 0 Å². The van der Waals surface area contributed by atoms with Gasteiger partial charge in [0.15, 0.2) is 0 Å². The molecule has 1 atom stereocenters. The first-order valence-electron chi connectivity index (χ1n) is 8.52. The summed E-state index contributed by atoms with van der Waals surface area (Å²) >= 11 is 0. The Labute approximate surface area is 135 Å². The molecule has 1 aromatic heterocycles. The molecule has 1 N–H and O–H groups in total. The molecule has 2 fully saturated rings. The molecular weight excluding hydrogens is 294 g/mol. The predicted octanol–water partition coefficient (Wildman–Crippen LogP) is 0.809. The fourth-order valence-corrected chi connectivity index (χ4v) is 3.51. The molecule has 0 aromatic carbocycles. The minimum Gasteiger partial charge on any atom is -0.342 e. The largest absolute Gasteiger partial charge is 0.342 e. The first-order valence-corrected chi connectivity index (χ1v) is 8.52. The van der Waals surface area contributed by atoms with Crippen LogP contribution in [0, 0.1) is 5.92 Å². The zero-order valence-corrected chi connectivity index (χ0v) is 13.3. The quantitative estimate of drug-likeness (QED) is 0.897. The molecular formula is C16H23N5O2. The summed E-state index contributed by atoms with van der Waals surface area (Å²) in [7, 11) is 0. The standard InChI is InChI=1S/C16H23N5O2/c22-15-2-1-6-20(15)9-12-8-19-7-5-17-14(19)11-21(10-12)16(23)18-13-3-4-13/h5,7,12-13H,1-4,6,8-11H2,(H,18,23). The van der Waals surface area contributed by atoms with Gasteiger partial charge in [-0.1, -0.05) is 0 Å². The zero-order chi connectivity index (χ0) is 15.8. The maximum Gasteiger partial charge on any atom is 0.318 e. The number of hydrogen-bond donors (Lipinski definition) is 1. The molecule has 4 rings (SSSR count). The summed E-state index contributed by atoms with van der Waals surface area (Å²) in [5.74, 6) is 1.41. The summed E-state index contributed by atoms with van der Waals surface area (Å²) in [6, 6.07) is 0.353. The monoisotopic (exact) mass is 317 g/mol. The molecule has 3 amide bonds. The molecule has 1 saturated carbocycles. The molecule has 124 valence electrons. The van der Waals surface area contributed by atoms with Crippen molar-refractivity contribution >= 4 is 11.9 Å². The van der Waals surface area contributed by atoms with Crippen LogP contribution in [0.3, 0.4) is 0 Å². The van der Waals surface area contributed by atoms with Crippen molar-refractivity contribution in [1.82, 2.24) is 24.7 Å². The van der Waals surface area contributed by atoms with Crippen LogP contribution in [-0.2, 0) is 17.9 Å². The average Bonchev–Trinajstić information content (AvgIpc) is 3.15. The second-order valence-corrected chi connectivity index (χ2v) is 6.91. The number of urea groups is 1. The van der Waals surface area contributed by atoms with Crippen molar-refractivity contribution < 1.29 is 9.59 Å². The Morgan fingerprint density at radius 2 is 2.22 bits per heavy atom. The molecule has 23 heavy (non-hydrogen) atoms. The number of nitrogens with zero attached hydrogens (tertiary/aromatic N) is 4. The van der Waals surface area contributed by atoms with Crippen LogP contribution in [0.2, 0.25) is 0 Å². The Morgan fingerprint density at radius 1 is 1.35 bits per heavy atom. The molecule has 1 aromatic rings. The van der Waals surface area contributed by atoms with Crippen molar-refractivity contribution in [3.8, 4) is 0 Å². The van der Waals surface area contributed by atoms with E-state index >= 15 is 0 Å². The van der Waals surface area contributed by atoms with Gasteiger partial charge in [-0.05, 0) is 19.3 Å². The summed E-state index contributed by atoms with van der Waals surface area (Å²) in [6.45, 7) is 3.60. The van der Waals surface area contributed by atoms with Crippen molar-refractivity contribution in [2.24, 2.45) is 5.92 Å². The number of aromatic nitrogens is 2. The van der Waals surface area contributed by atoms with Crippen LogP contribution in [-0.4, -0.2) is 57.0 Å². The SMILES string of the molecule is O=C1CCCN1CC1CN(C(=O)NC2CC2)Cc2nccn2C1. The Hall–Kier alpha value is -2.05. The van der Waals surface area contributed by atoms with Crippen molar-refractivity contribution in [2.45, 2.75) is 44.8 Å². The lowest BCUT2D eigenvalue weighted by atomic mass is 10.1. The fourth-order valence-electron chi connectivity index (χ4n) is 3.51. The van der Waals surface area contributed by atoms with Gasteiger partial charge in [0, 0.05) is 57.0 Å². The molecule has 0 bridgehead atoms. The molecule has 3 aliphatic rings. The zero-order valence-electron chi connectivity index (χ0n) is 13.3. The molecule has 1 aliphatic carbocycles. The summed E-state index contributed by atoms with van der Waals surface area (Å²) in [4.78, 5) is 32.6. The van der Waals surface area contributed by atoms with E-state index in [4.69, 9.17) is 0 Å². The highest BCUT2D eigenvalue weighted by Gasteiger charge is 2.31. The topological polar surface area (TPSA) is 70.5 Å². The predicted molar refractivity (Wildman–Crippen MR) is 83.5 cm³/mol. The first kappa shape index (κ1) is 14.5. The van der Waals surface area contributed by atoms with Gasteiger partial charge >= 0.3 is 6.03 Å². The van der Waals surface area contributed by atoms with Crippen LogP contribution in [0.25, 0.3) is 0 Å². The Balaban J connectivity index is 1.49. The van der Waals surface area contributed by atoms with Crippen molar-refractivity contribution in [3.05, 3.63) is 18.2 Å². The van der Waals surface area contributed by atoms with E-state index in [9.17, 15) is 9.59 Å². The minimum absolute atomic E-state index is 0.00157. The van der Waals surface area contributed by atoms with Gasteiger partial charge in [-0.2, -0.15) is 0 Å². The van der Waals surface area contributed by atoms with Gasteiger partial charge in [0.05, 0.1) is 6.54 Å². The van der Waals surface area contributed by atoms with Crippen LogP contribution in [0.4, 0.5) is 4.79 Å². The Bertz CT molecular complexity index is 609. The second kappa shape index (κ2) is 5.86. The molecule has 3 heterocycles. The molecule has 1 unspecified atom stereocenters. The average molecular weight is 317 g/mol. The van der Waals surface area contributed by atoms with E-state index in [0.29, 0.717) is 25.6 Å². The number of hydrogen-bond acceptors (Lipinski definition) is 3. The van der Waals surface area contributed by atoms with Gasteiger partial charge < -0.3 is 19.7 Å². The highest BCUT2D eigenvalue weighted by Crippen LogP contribution is 2.22. The lowest BCUT2D eigenvalue weighted by Crippen LogP contribution is -2.44.